The third-order valence-electron chi connectivity index (χ3n) is 4.64. The van der Waals surface area contributed by atoms with Crippen LogP contribution in [0.4, 0.5) is 0 Å². The normalized spacial score (nSPS) is 24.3. The Bertz CT molecular complexity index is 739. The minimum absolute atomic E-state index is 0.210. The predicted octanol–water partition coefficient (Wildman–Crippen LogP) is 1.94. The Morgan fingerprint density at radius 1 is 1.08 bits per heavy atom. The number of amides is 1. The first-order valence-corrected chi connectivity index (χ1v) is 8.52. The van der Waals surface area contributed by atoms with E-state index in [-0.39, 0.29) is 19.1 Å². The zero-order chi connectivity index (χ0) is 18.0. The Morgan fingerprint density at radius 3 is 2.40 bits per heavy atom. The Kier molecular flexibility index (Phi) is 4.88. The molecule has 0 bridgehead atoms. The van der Waals surface area contributed by atoms with Crippen LogP contribution in [0.3, 0.4) is 0 Å². The van der Waals surface area contributed by atoms with Crippen LogP contribution >= 0.6 is 0 Å². The van der Waals surface area contributed by atoms with Gasteiger partial charge in [-0.2, -0.15) is 0 Å². The van der Waals surface area contributed by atoms with Crippen LogP contribution in [-0.4, -0.2) is 37.1 Å². The Balaban J connectivity index is 2.04. The summed E-state index contributed by atoms with van der Waals surface area (Å²) in [6.45, 7) is 3.88. The van der Waals surface area contributed by atoms with Gasteiger partial charge in [-0.1, -0.05) is 24.3 Å². The average molecular weight is 343 g/mol. The van der Waals surface area contributed by atoms with Crippen molar-refractivity contribution in [1.29, 1.82) is 0 Å². The van der Waals surface area contributed by atoms with Gasteiger partial charge in [0.05, 0.1) is 31.1 Å². The van der Waals surface area contributed by atoms with Crippen LogP contribution in [0.15, 0.2) is 30.3 Å². The van der Waals surface area contributed by atoms with Crippen molar-refractivity contribution in [1.82, 2.24) is 5.32 Å². The number of esters is 2. The number of carbonyl (C=O) groups excluding carboxylic acids is 3. The fourth-order valence-electron chi connectivity index (χ4n) is 3.58. The lowest BCUT2D eigenvalue weighted by Crippen LogP contribution is -2.53. The second-order valence-corrected chi connectivity index (χ2v) is 6.03. The number of fused-ring (bicyclic) bond motifs is 3. The molecule has 0 saturated carbocycles. The van der Waals surface area contributed by atoms with Crippen LogP contribution in [0.5, 0.6) is 0 Å². The molecule has 1 aromatic rings. The highest BCUT2D eigenvalue weighted by Crippen LogP contribution is 2.40. The highest BCUT2D eigenvalue weighted by molar-refractivity contribution is 6.05. The molecule has 1 aliphatic heterocycles. The van der Waals surface area contributed by atoms with E-state index in [4.69, 9.17) is 9.47 Å². The topological polar surface area (TPSA) is 81.7 Å². The molecular formula is C19H21NO5. The lowest BCUT2D eigenvalue weighted by atomic mass is 9.71. The molecule has 1 amide bonds. The minimum Gasteiger partial charge on any atom is -0.466 e. The standard InChI is InChI=1S/C19H21NO5/c1-3-24-18(22)14-10-9-12-11-7-5-6-8-13(11)17(21)20-16(12)15(14)19(23)25-4-2/h5-9,14-16H,3-4,10H2,1-2H3,(H,20,21)/t14-,15-,16+/m0/s1. The van der Waals surface area contributed by atoms with Gasteiger partial charge in [0.2, 0.25) is 0 Å². The lowest BCUT2D eigenvalue weighted by molar-refractivity contribution is -0.161. The van der Waals surface area contributed by atoms with Gasteiger partial charge in [0, 0.05) is 5.56 Å². The maximum Gasteiger partial charge on any atom is 0.312 e. The summed E-state index contributed by atoms with van der Waals surface area (Å²) < 4.78 is 10.3. The number of nitrogens with one attached hydrogen (secondary N) is 1. The summed E-state index contributed by atoms with van der Waals surface area (Å²) in [6, 6.07) is 6.67. The van der Waals surface area contributed by atoms with E-state index in [1.807, 2.05) is 18.2 Å². The van der Waals surface area contributed by atoms with Crippen molar-refractivity contribution in [2.45, 2.75) is 26.3 Å². The first kappa shape index (κ1) is 17.2. The van der Waals surface area contributed by atoms with Crippen LogP contribution in [-0.2, 0) is 19.1 Å². The van der Waals surface area contributed by atoms with E-state index in [0.717, 1.165) is 11.1 Å². The number of hydrogen-bond acceptors (Lipinski definition) is 5. The van der Waals surface area contributed by atoms with Crippen molar-refractivity contribution in [3.05, 3.63) is 41.5 Å². The SMILES string of the molecule is CCOC(=O)[C@H]1[C@@H](C(=O)OCC)CC=C2c3ccccc3C(=O)N[C@H]21. The molecule has 0 fully saturated rings. The van der Waals surface area contributed by atoms with Crippen molar-refractivity contribution in [3.63, 3.8) is 0 Å². The average Bonchev–Trinajstić information content (AvgIpc) is 2.61. The first-order valence-electron chi connectivity index (χ1n) is 8.52. The number of hydrogen-bond donors (Lipinski definition) is 1. The molecular weight excluding hydrogens is 322 g/mol. The summed E-state index contributed by atoms with van der Waals surface area (Å²) in [5.74, 6) is -2.65. The van der Waals surface area contributed by atoms with Crippen LogP contribution in [0.1, 0.15) is 36.2 Å². The van der Waals surface area contributed by atoms with Crippen LogP contribution < -0.4 is 5.32 Å². The Hall–Kier alpha value is -2.63. The molecule has 0 saturated heterocycles. The zero-order valence-corrected chi connectivity index (χ0v) is 14.3. The Labute approximate surface area is 146 Å². The number of allylic oxidation sites excluding steroid dienone is 1. The number of ether oxygens (including phenoxy) is 2. The van der Waals surface area contributed by atoms with Crippen molar-refractivity contribution in [2.75, 3.05) is 13.2 Å². The molecule has 1 aliphatic carbocycles. The largest absolute Gasteiger partial charge is 0.466 e. The maximum atomic E-state index is 12.6. The zero-order valence-electron chi connectivity index (χ0n) is 14.3. The molecule has 1 N–H and O–H groups in total. The molecule has 25 heavy (non-hydrogen) atoms. The van der Waals surface area contributed by atoms with Crippen LogP contribution in [0.2, 0.25) is 0 Å². The highest BCUT2D eigenvalue weighted by atomic mass is 16.5. The minimum atomic E-state index is -0.795. The number of benzene rings is 1. The highest BCUT2D eigenvalue weighted by Gasteiger charge is 2.47. The van der Waals surface area contributed by atoms with Crippen molar-refractivity contribution >= 4 is 23.4 Å². The van der Waals surface area contributed by atoms with Gasteiger partial charge in [0.15, 0.2) is 0 Å². The molecule has 6 nitrogen and oxygen atoms in total. The quantitative estimate of drug-likeness (QED) is 0.845. The molecule has 2 aliphatic rings. The second-order valence-electron chi connectivity index (χ2n) is 6.03. The van der Waals surface area contributed by atoms with E-state index in [2.05, 4.69) is 5.32 Å². The summed E-state index contributed by atoms with van der Waals surface area (Å²) in [5.41, 5.74) is 2.23. The third-order valence-corrected chi connectivity index (χ3v) is 4.64. The second kappa shape index (κ2) is 7.09. The fourth-order valence-corrected chi connectivity index (χ4v) is 3.58. The van der Waals surface area contributed by atoms with Gasteiger partial charge in [0.25, 0.3) is 5.91 Å². The molecule has 0 spiro atoms. The molecule has 0 unspecified atom stereocenters. The van der Waals surface area contributed by atoms with Crippen LogP contribution in [0.25, 0.3) is 5.57 Å². The fraction of sp³-hybridized carbons (Fsp3) is 0.421. The monoisotopic (exact) mass is 343 g/mol. The number of carbonyl (C=O) groups is 3. The van der Waals surface area contributed by atoms with Crippen LogP contribution in [0, 0.1) is 11.8 Å². The molecule has 3 rings (SSSR count). The lowest BCUT2D eigenvalue weighted by Gasteiger charge is -2.39. The summed E-state index contributed by atoms with van der Waals surface area (Å²) >= 11 is 0. The van der Waals surface area contributed by atoms with E-state index < -0.39 is 29.8 Å². The predicted molar refractivity (Wildman–Crippen MR) is 90.5 cm³/mol. The first-order chi connectivity index (χ1) is 12.1. The van der Waals surface area contributed by atoms with Gasteiger partial charge in [-0.05, 0) is 37.5 Å². The smallest absolute Gasteiger partial charge is 0.312 e. The van der Waals surface area contributed by atoms with Crippen molar-refractivity contribution < 1.29 is 23.9 Å². The van der Waals surface area contributed by atoms with Crippen molar-refractivity contribution in [3.8, 4) is 0 Å². The van der Waals surface area contributed by atoms with Crippen molar-refractivity contribution in [2.24, 2.45) is 11.8 Å². The maximum absolute atomic E-state index is 12.6. The molecule has 0 aromatic heterocycles. The summed E-state index contributed by atoms with van der Waals surface area (Å²) in [5, 5.41) is 2.88. The van der Waals surface area contributed by atoms with E-state index in [1.165, 1.54) is 0 Å². The summed E-state index contributed by atoms with van der Waals surface area (Å²) in [7, 11) is 0. The van der Waals surface area contributed by atoms with E-state index >= 15 is 0 Å². The van der Waals surface area contributed by atoms with Gasteiger partial charge in [-0.25, -0.2) is 0 Å². The molecule has 3 atom stereocenters. The molecule has 1 heterocycles. The van der Waals surface area contributed by atoms with Gasteiger partial charge >= 0.3 is 11.9 Å². The molecule has 1 aromatic carbocycles. The molecule has 0 radical (unpaired) electrons. The number of rotatable bonds is 4. The van der Waals surface area contributed by atoms with Gasteiger partial charge in [-0.3, -0.25) is 14.4 Å². The third kappa shape index (κ3) is 3.04. The van der Waals surface area contributed by atoms with E-state index in [9.17, 15) is 14.4 Å². The van der Waals surface area contributed by atoms with E-state index in [0.29, 0.717) is 12.0 Å². The van der Waals surface area contributed by atoms with Gasteiger partial charge < -0.3 is 14.8 Å². The molecule has 6 heteroatoms. The Morgan fingerprint density at radius 2 is 1.72 bits per heavy atom. The summed E-state index contributed by atoms with van der Waals surface area (Å²) in [6.07, 6.45) is 2.29. The molecule has 132 valence electrons. The van der Waals surface area contributed by atoms with E-state index in [1.54, 1.807) is 26.0 Å². The van der Waals surface area contributed by atoms with Gasteiger partial charge in [0.1, 0.15) is 0 Å². The van der Waals surface area contributed by atoms with Gasteiger partial charge in [-0.15, -0.1) is 0 Å². The summed E-state index contributed by atoms with van der Waals surface area (Å²) in [4.78, 5) is 37.4.